The molecule has 2 rings (SSSR count). The number of sulfonamides is 1. The lowest BCUT2D eigenvalue weighted by atomic mass is 10.1. The molecule has 0 aromatic heterocycles. The fourth-order valence-electron chi connectivity index (χ4n) is 4.39. The zero-order chi connectivity index (χ0) is 29.5. The molecule has 0 aliphatic rings. The Balaban J connectivity index is 1.90. The molecule has 12 nitrogen and oxygen atoms in total. The minimum Gasteiger partial charge on any atom is -0.377 e. The molecule has 0 fully saturated rings. The first-order valence-corrected chi connectivity index (χ1v) is 17.8. The van der Waals surface area contributed by atoms with Crippen molar-refractivity contribution in [2.75, 3.05) is 84.7 Å². The highest BCUT2D eigenvalue weighted by molar-refractivity contribution is 7.89. The maximum Gasteiger partial charge on any atom is 0.326 e. The van der Waals surface area contributed by atoms with E-state index in [1.807, 2.05) is 51.3 Å². The van der Waals surface area contributed by atoms with Crippen molar-refractivity contribution in [3.63, 3.8) is 0 Å². The van der Waals surface area contributed by atoms with E-state index in [2.05, 4.69) is 4.72 Å². The molecule has 0 heterocycles. The van der Waals surface area contributed by atoms with Crippen LogP contribution >= 0.6 is 15.2 Å². The van der Waals surface area contributed by atoms with Gasteiger partial charge in [0.05, 0.1) is 44.4 Å². The van der Waals surface area contributed by atoms with Crippen LogP contribution in [-0.4, -0.2) is 117 Å². The van der Waals surface area contributed by atoms with Gasteiger partial charge in [-0.1, -0.05) is 24.3 Å². The summed E-state index contributed by atoms with van der Waals surface area (Å²) in [6.45, 7) is 2.18. The van der Waals surface area contributed by atoms with E-state index in [0.717, 1.165) is 11.1 Å². The predicted octanol–water partition coefficient (Wildman–Crippen LogP) is 1.70. The van der Waals surface area contributed by atoms with Gasteiger partial charge in [0.25, 0.3) is 0 Å². The monoisotopic (exact) mass is 609 g/mol. The number of quaternary nitrogens is 1. The Morgan fingerprint density at radius 2 is 1.36 bits per heavy atom. The fraction of sp³-hybridized carbons (Fsp3) is 0.583. The maximum atomic E-state index is 13.1. The van der Waals surface area contributed by atoms with Crippen LogP contribution in [0.25, 0.3) is 10.8 Å². The van der Waals surface area contributed by atoms with Gasteiger partial charge in [0.15, 0.2) is 0 Å². The molecule has 0 bridgehead atoms. The van der Waals surface area contributed by atoms with Crippen molar-refractivity contribution in [3.8, 4) is 0 Å². The highest BCUT2D eigenvalue weighted by atomic mass is 32.2. The number of anilines is 1. The van der Waals surface area contributed by atoms with Gasteiger partial charge in [-0.05, 0) is 12.1 Å². The largest absolute Gasteiger partial charge is 0.377 e. The minimum absolute atomic E-state index is 0.0453. The van der Waals surface area contributed by atoms with Gasteiger partial charge in [0.1, 0.15) is 0 Å². The Labute approximate surface area is 231 Å². The Bertz CT molecular complexity index is 1270. The van der Waals surface area contributed by atoms with Crippen LogP contribution in [0, 0.1) is 0 Å². The quantitative estimate of drug-likeness (QED) is 0.101. The molecule has 0 radical (unpaired) electrons. The number of fused-ring (bicyclic) bond motifs is 1. The topological polar surface area (TPSA) is 168 Å². The Morgan fingerprint density at radius 1 is 0.821 bits per heavy atom. The van der Waals surface area contributed by atoms with E-state index < -0.39 is 25.2 Å². The third-order valence-corrected chi connectivity index (χ3v) is 9.60. The summed E-state index contributed by atoms with van der Waals surface area (Å²) >= 11 is 0. The minimum atomic E-state index is -4.22. The Kier molecular flexibility index (Phi) is 12.1. The second-order valence-corrected chi connectivity index (χ2v) is 15.9. The first-order chi connectivity index (χ1) is 17.9. The summed E-state index contributed by atoms with van der Waals surface area (Å²) in [5.74, 6) is 0. The van der Waals surface area contributed by atoms with Crippen LogP contribution < -0.4 is 9.62 Å². The van der Waals surface area contributed by atoms with E-state index >= 15 is 0 Å². The number of nitrogens with zero attached hydrogens (tertiary/aromatic N) is 3. The second-order valence-electron chi connectivity index (χ2n) is 10.6. The summed E-state index contributed by atoms with van der Waals surface area (Å²) in [7, 11) is -4.32. The molecular weight excluding hydrogens is 566 g/mol. The molecule has 15 heteroatoms. The van der Waals surface area contributed by atoms with Crippen LogP contribution in [0.2, 0.25) is 0 Å². The van der Waals surface area contributed by atoms with E-state index in [1.165, 1.54) is 0 Å². The zero-order valence-electron chi connectivity index (χ0n) is 23.1. The number of hydrogen-bond acceptors (Lipinski definition) is 6. The first-order valence-electron chi connectivity index (χ1n) is 12.7. The SMILES string of the molecule is CN(C)c1cccc2c(S(=O)(=O)NCCC[N+](C)(C)CCCN(CCP(=O)(O)O)CCP(=O)(O)O)cccc12. The average Bonchev–Trinajstić information content (AvgIpc) is 2.81. The van der Waals surface area contributed by atoms with Crippen LogP contribution in [0.15, 0.2) is 41.3 Å². The van der Waals surface area contributed by atoms with Gasteiger partial charge in [-0.3, -0.25) is 9.13 Å². The number of benzene rings is 2. The first kappa shape index (κ1) is 33.8. The van der Waals surface area contributed by atoms with Gasteiger partial charge in [-0.25, -0.2) is 13.1 Å². The highest BCUT2D eigenvalue weighted by Gasteiger charge is 2.22. The molecule has 0 atom stereocenters. The Hall–Kier alpha value is -1.37. The van der Waals surface area contributed by atoms with Gasteiger partial charge < -0.3 is 33.9 Å². The molecular formula is C24H43N4O8P2S+. The highest BCUT2D eigenvalue weighted by Crippen LogP contribution is 2.35. The van der Waals surface area contributed by atoms with Gasteiger partial charge in [-0.15, -0.1) is 0 Å². The van der Waals surface area contributed by atoms with Crippen LogP contribution in [0.1, 0.15) is 12.8 Å². The summed E-state index contributed by atoms with van der Waals surface area (Å²) < 4.78 is 52.0. The average molecular weight is 610 g/mol. The lowest BCUT2D eigenvalue weighted by Gasteiger charge is -2.31. The van der Waals surface area contributed by atoms with Crippen molar-refractivity contribution >= 4 is 41.7 Å². The molecule has 0 amide bonds. The number of nitrogens with one attached hydrogen (secondary N) is 1. The number of rotatable bonds is 17. The lowest BCUT2D eigenvalue weighted by molar-refractivity contribution is -0.890. The lowest BCUT2D eigenvalue weighted by Crippen LogP contribution is -2.44. The standard InChI is InChI=1S/C24H42N4O8P2S/c1-26(2)23-11-5-10-22-21(23)9-6-12-24(22)39(35,36)25-13-7-17-28(3,4)18-8-14-27(15-19-37(29,30)31)16-20-38(32,33)34/h5-6,9-12,25H,7-8,13-20H2,1-4H3,(H3-,29,30,31,32,33,34)/p+1. The molecule has 0 saturated heterocycles. The van der Waals surface area contributed by atoms with Gasteiger partial charge in [0.2, 0.25) is 10.0 Å². The smallest absolute Gasteiger partial charge is 0.326 e. The van der Waals surface area contributed by atoms with Crippen LogP contribution in [0.3, 0.4) is 0 Å². The molecule has 0 saturated carbocycles. The van der Waals surface area contributed by atoms with Crippen molar-refractivity contribution in [3.05, 3.63) is 36.4 Å². The van der Waals surface area contributed by atoms with Gasteiger partial charge in [0, 0.05) is 69.6 Å². The van der Waals surface area contributed by atoms with E-state index in [0.29, 0.717) is 42.3 Å². The summed E-state index contributed by atoms with van der Waals surface area (Å²) in [4.78, 5) is 40.5. The molecule has 5 N–H and O–H groups in total. The predicted molar refractivity (Wildman–Crippen MR) is 155 cm³/mol. The summed E-state index contributed by atoms with van der Waals surface area (Å²) in [6.07, 6.45) is 0.491. The molecule has 2 aromatic carbocycles. The third kappa shape index (κ3) is 11.9. The normalized spacial score (nSPS) is 13.4. The molecule has 39 heavy (non-hydrogen) atoms. The third-order valence-electron chi connectivity index (χ3n) is 6.52. The molecule has 0 spiro atoms. The van der Waals surface area contributed by atoms with Crippen LogP contribution in [0.4, 0.5) is 5.69 Å². The van der Waals surface area contributed by atoms with Crippen molar-refractivity contribution in [2.45, 2.75) is 17.7 Å². The summed E-state index contributed by atoms with van der Waals surface area (Å²) in [5.41, 5.74) is 0.936. The fourth-order valence-corrected chi connectivity index (χ4v) is 6.77. The van der Waals surface area contributed by atoms with E-state index in [9.17, 15) is 17.5 Å². The van der Waals surface area contributed by atoms with Crippen molar-refractivity contribution in [1.29, 1.82) is 0 Å². The van der Waals surface area contributed by atoms with Crippen molar-refractivity contribution < 1.29 is 41.6 Å². The van der Waals surface area contributed by atoms with Crippen LogP contribution in [-0.2, 0) is 19.2 Å². The molecule has 0 aliphatic carbocycles. The van der Waals surface area contributed by atoms with Gasteiger partial charge >= 0.3 is 15.2 Å². The van der Waals surface area contributed by atoms with E-state index in [-0.39, 0.29) is 36.9 Å². The maximum absolute atomic E-state index is 13.1. The van der Waals surface area contributed by atoms with Gasteiger partial charge in [-0.2, -0.15) is 0 Å². The van der Waals surface area contributed by atoms with Crippen molar-refractivity contribution in [1.82, 2.24) is 9.62 Å². The molecule has 2 aromatic rings. The number of hydrogen-bond donors (Lipinski definition) is 5. The summed E-state index contributed by atoms with van der Waals surface area (Å²) in [6, 6.07) is 10.8. The second kappa shape index (κ2) is 14.0. The van der Waals surface area contributed by atoms with E-state index in [1.54, 1.807) is 23.1 Å². The molecule has 222 valence electrons. The van der Waals surface area contributed by atoms with Crippen LogP contribution in [0.5, 0.6) is 0 Å². The van der Waals surface area contributed by atoms with Crippen molar-refractivity contribution in [2.24, 2.45) is 0 Å². The molecule has 0 aliphatic heterocycles. The van der Waals surface area contributed by atoms with E-state index in [4.69, 9.17) is 19.6 Å². The summed E-state index contributed by atoms with van der Waals surface area (Å²) in [5, 5.41) is 1.52. The zero-order valence-corrected chi connectivity index (χ0v) is 25.7. The molecule has 0 unspecified atom stereocenters. The Morgan fingerprint density at radius 3 is 1.92 bits per heavy atom.